The van der Waals surface area contributed by atoms with E-state index in [2.05, 4.69) is 54.6 Å². The number of hydrogen-bond donors (Lipinski definition) is 3. The lowest BCUT2D eigenvalue weighted by molar-refractivity contribution is -0.145. The Morgan fingerprint density at radius 1 is 0.947 bits per heavy atom. The molecule has 210 valence electrons. The largest absolute Gasteiger partial charge is 0.410 e. The maximum Gasteiger partial charge on any atom is 0.192 e. The second-order valence-corrected chi connectivity index (χ2v) is 18.6. The highest BCUT2D eigenvalue weighted by Gasteiger charge is 2.66. The van der Waals surface area contributed by atoms with Gasteiger partial charge in [-0.3, -0.25) is 0 Å². The predicted octanol–water partition coefficient (Wildman–Crippen LogP) is 5.55. The number of rotatable bonds is 3. The summed E-state index contributed by atoms with van der Waals surface area (Å²) >= 11 is 0. The minimum Gasteiger partial charge on any atom is -0.410 e. The smallest absolute Gasteiger partial charge is 0.192 e. The molecule has 4 aliphatic rings. The molecule has 7 atom stereocenters. The number of ether oxygens (including phenoxy) is 2. The molecule has 1 saturated heterocycles. The lowest BCUT2D eigenvalue weighted by Gasteiger charge is -2.57. The zero-order valence-corrected chi connectivity index (χ0v) is 25.2. The number of fused-ring (bicyclic) bond motifs is 2. The van der Waals surface area contributed by atoms with E-state index in [4.69, 9.17) is 13.9 Å². The van der Waals surface area contributed by atoms with Gasteiger partial charge in [-0.2, -0.15) is 0 Å². The van der Waals surface area contributed by atoms with E-state index >= 15 is 0 Å². The van der Waals surface area contributed by atoms with E-state index < -0.39 is 50.0 Å². The molecule has 7 heteroatoms. The zero-order valence-electron chi connectivity index (χ0n) is 24.2. The van der Waals surface area contributed by atoms with Crippen LogP contribution in [-0.2, 0) is 13.9 Å². The van der Waals surface area contributed by atoms with E-state index in [1.807, 2.05) is 30.3 Å². The van der Waals surface area contributed by atoms with E-state index in [0.29, 0.717) is 36.8 Å². The summed E-state index contributed by atoms with van der Waals surface area (Å²) < 4.78 is 20.9. The Hall–Kier alpha value is -1.32. The van der Waals surface area contributed by atoms with Gasteiger partial charge in [0.05, 0.1) is 24.4 Å². The molecule has 0 radical (unpaired) electrons. The number of hydrogen-bond acceptors (Lipinski definition) is 6. The minimum absolute atomic E-state index is 0.0303. The molecule has 5 rings (SSSR count). The van der Waals surface area contributed by atoms with Crippen molar-refractivity contribution in [1.82, 2.24) is 0 Å². The minimum atomic E-state index is -2.16. The molecule has 0 unspecified atom stereocenters. The lowest BCUT2D eigenvalue weighted by Crippen LogP contribution is -2.62. The summed E-state index contributed by atoms with van der Waals surface area (Å²) in [5, 5.41) is 34.1. The maximum absolute atomic E-state index is 11.6. The molecule has 1 aliphatic heterocycles. The first kappa shape index (κ1) is 28.2. The summed E-state index contributed by atoms with van der Waals surface area (Å²) in [5.41, 5.74) is 2.90. The fraction of sp³-hybridized carbons (Fsp3) is 0.677. The van der Waals surface area contributed by atoms with E-state index in [1.54, 1.807) is 0 Å². The van der Waals surface area contributed by atoms with Gasteiger partial charge in [0.2, 0.25) is 0 Å². The van der Waals surface area contributed by atoms with Gasteiger partial charge >= 0.3 is 0 Å². The van der Waals surface area contributed by atoms with Crippen molar-refractivity contribution >= 4 is 8.32 Å². The van der Waals surface area contributed by atoms with Crippen LogP contribution in [0.1, 0.15) is 79.1 Å². The first-order valence-electron chi connectivity index (χ1n) is 14.1. The fourth-order valence-electron chi connectivity index (χ4n) is 6.99. The summed E-state index contributed by atoms with van der Waals surface area (Å²) in [4.78, 5) is 0. The number of benzene rings is 1. The molecule has 1 aromatic rings. The number of aliphatic hydroxyl groups excluding tert-OH is 3. The van der Waals surface area contributed by atoms with Crippen molar-refractivity contribution in [3.05, 3.63) is 58.2 Å². The van der Waals surface area contributed by atoms with Crippen LogP contribution < -0.4 is 0 Å². The second-order valence-electron chi connectivity index (χ2n) is 13.9. The average Bonchev–Trinajstić information content (AvgIpc) is 3.21. The van der Waals surface area contributed by atoms with E-state index in [1.165, 1.54) is 0 Å². The Balaban J connectivity index is 1.72. The quantitative estimate of drug-likeness (QED) is 0.343. The summed E-state index contributed by atoms with van der Waals surface area (Å²) in [5.74, 6) is 0. The van der Waals surface area contributed by atoms with Crippen LogP contribution in [0, 0.1) is 5.41 Å². The molecule has 0 saturated carbocycles. The summed E-state index contributed by atoms with van der Waals surface area (Å²) in [6.45, 7) is 17.8. The monoisotopic (exact) mass is 542 g/mol. The summed E-state index contributed by atoms with van der Waals surface area (Å²) in [6, 6.07) is 9.91. The van der Waals surface area contributed by atoms with Gasteiger partial charge in [0.25, 0.3) is 0 Å². The van der Waals surface area contributed by atoms with Crippen molar-refractivity contribution in [3.8, 4) is 0 Å². The fourth-order valence-corrected chi connectivity index (χ4v) is 8.31. The third-order valence-corrected chi connectivity index (χ3v) is 14.9. The van der Waals surface area contributed by atoms with Crippen molar-refractivity contribution < 1.29 is 29.2 Å². The summed E-state index contributed by atoms with van der Waals surface area (Å²) in [6.07, 6.45) is -2.23. The highest BCUT2D eigenvalue weighted by atomic mass is 28.4. The molecular formula is C31H46O6Si. The van der Waals surface area contributed by atoms with Crippen molar-refractivity contribution in [2.75, 3.05) is 0 Å². The third kappa shape index (κ3) is 4.21. The molecule has 1 heterocycles. The van der Waals surface area contributed by atoms with Crippen LogP contribution in [0.25, 0.3) is 0 Å². The molecule has 38 heavy (non-hydrogen) atoms. The predicted molar refractivity (Wildman–Crippen MR) is 150 cm³/mol. The van der Waals surface area contributed by atoms with Crippen molar-refractivity contribution in [3.63, 3.8) is 0 Å². The van der Waals surface area contributed by atoms with Gasteiger partial charge in [-0.15, -0.1) is 0 Å². The van der Waals surface area contributed by atoms with Crippen LogP contribution in [0.4, 0.5) is 0 Å². The SMILES string of the molecule is CC1=C2C[C@H](O)C3=C([C@H](O)CC[C@@H]3O)[C@@H]3O[C@H](c4ccccc4)O[C@@]3(C[C@@H]1O[Si](C)(C)C(C)(C)C)C2(C)C. The number of aliphatic hydroxyl groups is 3. The van der Waals surface area contributed by atoms with Crippen LogP contribution in [0.3, 0.4) is 0 Å². The maximum atomic E-state index is 11.6. The Bertz CT molecular complexity index is 1130. The van der Waals surface area contributed by atoms with Crippen molar-refractivity contribution in [2.45, 2.75) is 128 Å². The average molecular weight is 543 g/mol. The molecule has 3 aliphatic carbocycles. The molecule has 2 bridgehead atoms. The first-order chi connectivity index (χ1) is 17.6. The Morgan fingerprint density at radius 2 is 1.55 bits per heavy atom. The van der Waals surface area contributed by atoms with Crippen LogP contribution in [0.5, 0.6) is 0 Å². The Morgan fingerprint density at radius 3 is 2.16 bits per heavy atom. The van der Waals surface area contributed by atoms with Crippen molar-refractivity contribution in [1.29, 1.82) is 0 Å². The van der Waals surface area contributed by atoms with Gasteiger partial charge in [-0.1, -0.05) is 70.5 Å². The lowest BCUT2D eigenvalue weighted by atomic mass is 9.55. The summed E-state index contributed by atoms with van der Waals surface area (Å²) in [7, 11) is -2.16. The van der Waals surface area contributed by atoms with E-state index in [-0.39, 0.29) is 11.1 Å². The topological polar surface area (TPSA) is 88.4 Å². The van der Waals surface area contributed by atoms with Crippen LogP contribution in [-0.4, -0.2) is 59.8 Å². The molecule has 3 N–H and O–H groups in total. The van der Waals surface area contributed by atoms with Gasteiger partial charge in [-0.05, 0) is 61.0 Å². The second kappa shape index (κ2) is 9.37. The zero-order chi connectivity index (χ0) is 27.8. The highest BCUT2D eigenvalue weighted by Crippen LogP contribution is 2.62. The first-order valence-corrected chi connectivity index (χ1v) is 17.1. The third-order valence-electron chi connectivity index (χ3n) is 10.4. The van der Waals surface area contributed by atoms with Gasteiger partial charge < -0.3 is 29.2 Å². The van der Waals surface area contributed by atoms with Crippen LogP contribution in [0.2, 0.25) is 18.1 Å². The van der Waals surface area contributed by atoms with Crippen LogP contribution >= 0.6 is 0 Å². The molecular weight excluding hydrogens is 496 g/mol. The van der Waals surface area contributed by atoms with Gasteiger partial charge in [0.1, 0.15) is 11.7 Å². The Labute approximate surface area is 228 Å². The van der Waals surface area contributed by atoms with Gasteiger partial charge in [-0.25, -0.2) is 0 Å². The molecule has 0 amide bonds. The van der Waals surface area contributed by atoms with Gasteiger partial charge in [0.15, 0.2) is 14.6 Å². The van der Waals surface area contributed by atoms with E-state index in [9.17, 15) is 15.3 Å². The van der Waals surface area contributed by atoms with E-state index in [0.717, 1.165) is 16.7 Å². The highest BCUT2D eigenvalue weighted by molar-refractivity contribution is 6.74. The Kier molecular flexibility index (Phi) is 6.95. The van der Waals surface area contributed by atoms with Crippen LogP contribution in [0.15, 0.2) is 52.6 Å². The molecule has 1 fully saturated rings. The van der Waals surface area contributed by atoms with Crippen molar-refractivity contribution in [2.24, 2.45) is 5.41 Å². The van der Waals surface area contributed by atoms with Gasteiger partial charge in [0, 0.05) is 17.4 Å². The molecule has 1 spiro atoms. The molecule has 6 nitrogen and oxygen atoms in total. The molecule has 0 aromatic heterocycles. The normalized spacial score (nSPS) is 37.4. The molecule has 1 aromatic carbocycles. The standard InChI is InChI=1S/C31H46O6Si/c1-18-20-16-23(34)25-21(32)14-15-22(33)26(25)27-31(30(20,5)6,17-24(18)37-38(7,8)29(2,3)4)36-28(35-27)19-12-10-9-11-13-19/h9-13,21-24,27-28,32-34H,14-17H2,1-8H3/t21-,22+,23-,24-,27-,28-,31+/m0/s1.